The highest BCUT2D eigenvalue weighted by Crippen LogP contribution is 2.19. The summed E-state index contributed by atoms with van der Waals surface area (Å²) in [4.78, 5) is 0. The van der Waals surface area contributed by atoms with Crippen LogP contribution in [0.4, 0.5) is 5.69 Å². The molecule has 1 heterocycles. The first-order valence-corrected chi connectivity index (χ1v) is 6.94. The van der Waals surface area contributed by atoms with Crippen molar-refractivity contribution < 1.29 is 4.74 Å². The number of piperidine rings is 1. The molecule has 0 saturated carbocycles. The molecular formula is C15H24N2O. The van der Waals surface area contributed by atoms with E-state index in [-0.39, 0.29) is 0 Å². The summed E-state index contributed by atoms with van der Waals surface area (Å²) in [5.41, 5.74) is 1.16. The molecule has 1 unspecified atom stereocenters. The first-order valence-electron chi connectivity index (χ1n) is 6.94. The number of benzene rings is 1. The Bertz CT molecular complexity index is 359. The lowest BCUT2D eigenvalue weighted by Gasteiger charge is -2.25. The van der Waals surface area contributed by atoms with Gasteiger partial charge < -0.3 is 15.4 Å². The summed E-state index contributed by atoms with van der Waals surface area (Å²) >= 11 is 0. The monoisotopic (exact) mass is 248 g/mol. The van der Waals surface area contributed by atoms with Crippen LogP contribution in [0.5, 0.6) is 5.75 Å². The lowest BCUT2D eigenvalue weighted by atomic mass is 10.1. The maximum atomic E-state index is 5.74. The van der Waals surface area contributed by atoms with E-state index in [9.17, 15) is 0 Å². The molecule has 2 N–H and O–H groups in total. The van der Waals surface area contributed by atoms with E-state index in [0.29, 0.717) is 12.0 Å². The van der Waals surface area contributed by atoms with Crippen molar-refractivity contribution in [2.45, 2.75) is 32.7 Å². The highest BCUT2D eigenvalue weighted by molar-refractivity contribution is 5.49. The van der Waals surface area contributed by atoms with Crippen LogP contribution in [-0.2, 0) is 0 Å². The van der Waals surface area contributed by atoms with Gasteiger partial charge in [0.15, 0.2) is 0 Å². The van der Waals surface area contributed by atoms with E-state index in [1.54, 1.807) is 0 Å². The SMILES string of the molecule is CC(C)COc1cccc(NC2CCCNC2)c1. The first-order chi connectivity index (χ1) is 8.74. The Morgan fingerprint density at radius 2 is 2.33 bits per heavy atom. The topological polar surface area (TPSA) is 33.3 Å². The van der Waals surface area contributed by atoms with Gasteiger partial charge in [-0.25, -0.2) is 0 Å². The van der Waals surface area contributed by atoms with Gasteiger partial charge >= 0.3 is 0 Å². The number of anilines is 1. The van der Waals surface area contributed by atoms with E-state index in [0.717, 1.165) is 31.1 Å². The number of nitrogens with one attached hydrogen (secondary N) is 2. The van der Waals surface area contributed by atoms with Crippen LogP contribution >= 0.6 is 0 Å². The molecule has 1 aliphatic heterocycles. The molecule has 2 rings (SSSR count). The van der Waals surface area contributed by atoms with Crippen molar-refractivity contribution in [3.63, 3.8) is 0 Å². The van der Waals surface area contributed by atoms with E-state index >= 15 is 0 Å². The summed E-state index contributed by atoms with van der Waals surface area (Å²) in [6, 6.07) is 8.81. The third-order valence-corrected chi connectivity index (χ3v) is 3.09. The zero-order chi connectivity index (χ0) is 12.8. The van der Waals surface area contributed by atoms with Crippen LogP contribution in [0, 0.1) is 5.92 Å². The minimum absolute atomic E-state index is 0.541. The number of ether oxygens (including phenoxy) is 1. The zero-order valence-electron chi connectivity index (χ0n) is 11.4. The van der Waals surface area contributed by atoms with Crippen molar-refractivity contribution in [2.24, 2.45) is 5.92 Å². The molecule has 0 amide bonds. The molecule has 0 aromatic heterocycles. The van der Waals surface area contributed by atoms with Crippen LogP contribution in [0.2, 0.25) is 0 Å². The van der Waals surface area contributed by atoms with Crippen molar-refractivity contribution in [1.82, 2.24) is 5.32 Å². The van der Waals surface area contributed by atoms with Crippen LogP contribution in [0.1, 0.15) is 26.7 Å². The lowest BCUT2D eigenvalue weighted by molar-refractivity contribution is 0.271. The highest BCUT2D eigenvalue weighted by Gasteiger charge is 2.12. The Labute approximate surface area is 110 Å². The lowest BCUT2D eigenvalue weighted by Crippen LogP contribution is -2.38. The Morgan fingerprint density at radius 1 is 1.44 bits per heavy atom. The minimum atomic E-state index is 0.541. The Kier molecular flexibility index (Phi) is 4.88. The van der Waals surface area contributed by atoms with Gasteiger partial charge in [0.05, 0.1) is 6.61 Å². The summed E-state index contributed by atoms with van der Waals surface area (Å²) in [5.74, 6) is 1.52. The third kappa shape index (κ3) is 4.22. The minimum Gasteiger partial charge on any atom is -0.493 e. The molecule has 1 saturated heterocycles. The van der Waals surface area contributed by atoms with E-state index in [4.69, 9.17) is 4.74 Å². The molecule has 1 aliphatic rings. The molecule has 100 valence electrons. The molecule has 1 aromatic rings. The fourth-order valence-electron chi connectivity index (χ4n) is 2.15. The summed E-state index contributed by atoms with van der Waals surface area (Å²) in [6.07, 6.45) is 2.49. The molecule has 1 aromatic carbocycles. The second-order valence-corrected chi connectivity index (χ2v) is 5.42. The molecule has 0 aliphatic carbocycles. The Balaban J connectivity index is 1.89. The normalized spacial score (nSPS) is 19.8. The molecule has 0 radical (unpaired) electrons. The fourth-order valence-corrected chi connectivity index (χ4v) is 2.15. The average molecular weight is 248 g/mol. The molecule has 0 bridgehead atoms. The number of hydrogen-bond donors (Lipinski definition) is 2. The summed E-state index contributed by atoms with van der Waals surface area (Å²) in [7, 11) is 0. The van der Waals surface area contributed by atoms with E-state index in [1.807, 2.05) is 12.1 Å². The van der Waals surface area contributed by atoms with Crippen molar-refractivity contribution in [1.29, 1.82) is 0 Å². The van der Waals surface area contributed by atoms with Crippen molar-refractivity contribution in [2.75, 3.05) is 25.0 Å². The molecule has 3 nitrogen and oxygen atoms in total. The highest BCUT2D eigenvalue weighted by atomic mass is 16.5. The average Bonchev–Trinajstić information content (AvgIpc) is 2.38. The van der Waals surface area contributed by atoms with Crippen LogP contribution < -0.4 is 15.4 Å². The smallest absolute Gasteiger partial charge is 0.121 e. The second kappa shape index (κ2) is 6.64. The van der Waals surface area contributed by atoms with Gasteiger partial charge in [0.1, 0.15) is 5.75 Å². The molecule has 1 fully saturated rings. The van der Waals surface area contributed by atoms with Crippen molar-refractivity contribution in [3.8, 4) is 5.75 Å². The Morgan fingerprint density at radius 3 is 3.06 bits per heavy atom. The maximum absolute atomic E-state index is 5.74. The van der Waals surface area contributed by atoms with E-state index < -0.39 is 0 Å². The van der Waals surface area contributed by atoms with Crippen LogP contribution in [0.3, 0.4) is 0 Å². The van der Waals surface area contributed by atoms with Crippen LogP contribution in [0.25, 0.3) is 0 Å². The van der Waals surface area contributed by atoms with Crippen LogP contribution in [0.15, 0.2) is 24.3 Å². The van der Waals surface area contributed by atoms with Gasteiger partial charge in [0.25, 0.3) is 0 Å². The standard InChI is InChI=1S/C15H24N2O/c1-12(2)11-18-15-7-3-5-13(9-15)17-14-6-4-8-16-10-14/h3,5,7,9,12,14,16-17H,4,6,8,10-11H2,1-2H3. The van der Waals surface area contributed by atoms with Gasteiger partial charge in [-0.1, -0.05) is 19.9 Å². The second-order valence-electron chi connectivity index (χ2n) is 5.42. The van der Waals surface area contributed by atoms with Gasteiger partial charge in [-0.3, -0.25) is 0 Å². The van der Waals surface area contributed by atoms with E-state index in [1.165, 1.54) is 12.8 Å². The molecule has 18 heavy (non-hydrogen) atoms. The van der Waals surface area contributed by atoms with Gasteiger partial charge in [-0.15, -0.1) is 0 Å². The molecule has 3 heteroatoms. The predicted molar refractivity (Wildman–Crippen MR) is 76.3 cm³/mol. The number of hydrogen-bond acceptors (Lipinski definition) is 3. The molecular weight excluding hydrogens is 224 g/mol. The third-order valence-electron chi connectivity index (χ3n) is 3.09. The number of rotatable bonds is 5. The van der Waals surface area contributed by atoms with Crippen molar-refractivity contribution >= 4 is 5.69 Å². The quantitative estimate of drug-likeness (QED) is 0.840. The van der Waals surface area contributed by atoms with Crippen molar-refractivity contribution in [3.05, 3.63) is 24.3 Å². The summed E-state index contributed by atoms with van der Waals surface area (Å²) in [5, 5.41) is 6.98. The Hall–Kier alpha value is -1.22. The van der Waals surface area contributed by atoms with Crippen LogP contribution in [-0.4, -0.2) is 25.7 Å². The summed E-state index contributed by atoms with van der Waals surface area (Å²) in [6.45, 7) is 7.30. The summed E-state index contributed by atoms with van der Waals surface area (Å²) < 4.78 is 5.74. The van der Waals surface area contributed by atoms with Gasteiger partial charge in [0, 0.05) is 24.3 Å². The zero-order valence-corrected chi connectivity index (χ0v) is 11.4. The predicted octanol–water partition coefficient (Wildman–Crippen LogP) is 2.89. The van der Waals surface area contributed by atoms with Gasteiger partial charge in [0.2, 0.25) is 0 Å². The molecule has 1 atom stereocenters. The van der Waals surface area contributed by atoms with Gasteiger partial charge in [-0.05, 0) is 37.4 Å². The molecule has 0 spiro atoms. The largest absolute Gasteiger partial charge is 0.493 e. The maximum Gasteiger partial charge on any atom is 0.121 e. The van der Waals surface area contributed by atoms with E-state index in [2.05, 4.69) is 36.6 Å². The van der Waals surface area contributed by atoms with Gasteiger partial charge in [-0.2, -0.15) is 0 Å². The first kappa shape index (κ1) is 13.2. The fraction of sp³-hybridized carbons (Fsp3) is 0.600.